The Hall–Kier alpha value is -1.25. The molecule has 2 rings (SSSR count). The van der Waals surface area contributed by atoms with Crippen LogP contribution in [0.15, 0.2) is 23.2 Å². The third kappa shape index (κ3) is 0.927. The van der Waals surface area contributed by atoms with Crippen molar-refractivity contribution in [3.63, 3.8) is 0 Å². The quantitative estimate of drug-likeness (QED) is 0.536. The zero-order valence-electron chi connectivity index (χ0n) is 6.20. The van der Waals surface area contributed by atoms with Crippen LogP contribution in [0.1, 0.15) is 6.92 Å². The topological polar surface area (TPSA) is 32.6 Å². The molecule has 0 saturated carbocycles. The molecule has 1 aliphatic heterocycles. The highest BCUT2D eigenvalue weighted by Gasteiger charge is 2.14. The lowest BCUT2D eigenvalue weighted by atomic mass is 9.68. The Labute approximate surface area is 65.8 Å². The number of nitrogens with zero attached hydrogens (tertiary/aromatic N) is 1. The Morgan fingerprint density at radius 3 is 3.00 bits per heavy atom. The van der Waals surface area contributed by atoms with Crippen LogP contribution in [0.5, 0.6) is 5.75 Å². The van der Waals surface area contributed by atoms with E-state index >= 15 is 0 Å². The molecule has 11 heavy (non-hydrogen) atoms. The molecular formula is C8H7BNO. The molecule has 3 heteroatoms. The van der Waals surface area contributed by atoms with Crippen molar-refractivity contribution in [2.24, 2.45) is 4.99 Å². The van der Waals surface area contributed by atoms with Crippen molar-refractivity contribution in [1.82, 2.24) is 0 Å². The molecule has 0 amide bonds. The van der Waals surface area contributed by atoms with E-state index in [1.165, 1.54) is 0 Å². The van der Waals surface area contributed by atoms with Crippen molar-refractivity contribution in [1.29, 1.82) is 0 Å². The normalized spacial score (nSPS) is 13.7. The maximum absolute atomic E-state index is 9.32. The van der Waals surface area contributed by atoms with Crippen LogP contribution < -0.4 is 5.46 Å². The van der Waals surface area contributed by atoms with Crippen LogP contribution in [0, 0.1) is 0 Å². The van der Waals surface area contributed by atoms with Crippen molar-refractivity contribution in [2.45, 2.75) is 6.92 Å². The minimum absolute atomic E-state index is 0.260. The molecule has 1 N–H and O–H groups in total. The number of phenolic OH excluding ortho intramolecular Hbond substituents is 1. The maximum atomic E-state index is 9.32. The summed E-state index contributed by atoms with van der Waals surface area (Å²) in [6, 6.07) is 5.41. The van der Waals surface area contributed by atoms with Gasteiger partial charge in [-0.3, -0.25) is 4.99 Å². The van der Waals surface area contributed by atoms with E-state index in [0.717, 1.165) is 11.1 Å². The van der Waals surface area contributed by atoms with E-state index < -0.39 is 0 Å². The first-order valence-electron chi connectivity index (χ1n) is 3.49. The third-order valence-electron chi connectivity index (χ3n) is 1.70. The first kappa shape index (κ1) is 6.46. The SMILES string of the molecule is CC1=Nc2c(O)cccc2[B]1. The van der Waals surface area contributed by atoms with Crippen molar-refractivity contribution >= 4 is 24.0 Å². The first-order valence-corrected chi connectivity index (χ1v) is 3.49. The average Bonchev–Trinajstić information content (AvgIpc) is 2.31. The second-order valence-electron chi connectivity index (χ2n) is 2.61. The number of hydrogen-bond donors (Lipinski definition) is 1. The minimum atomic E-state index is 0.260. The Kier molecular flexibility index (Phi) is 1.25. The smallest absolute Gasteiger partial charge is 0.213 e. The van der Waals surface area contributed by atoms with Gasteiger partial charge >= 0.3 is 0 Å². The van der Waals surface area contributed by atoms with Gasteiger partial charge in [0.2, 0.25) is 7.28 Å². The van der Waals surface area contributed by atoms with Gasteiger partial charge in [0.05, 0.1) is 5.69 Å². The maximum Gasteiger partial charge on any atom is 0.213 e. The summed E-state index contributed by atoms with van der Waals surface area (Å²) in [5.41, 5.74) is 2.65. The summed E-state index contributed by atoms with van der Waals surface area (Å²) >= 11 is 0. The molecule has 0 atom stereocenters. The summed E-state index contributed by atoms with van der Waals surface area (Å²) in [5, 5.41) is 9.32. The van der Waals surface area contributed by atoms with Gasteiger partial charge in [0.1, 0.15) is 5.75 Å². The number of benzene rings is 1. The fourth-order valence-electron chi connectivity index (χ4n) is 1.22. The number of para-hydroxylation sites is 1. The molecule has 0 spiro atoms. The summed E-state index contributed by atoms with van der Waals surface area (Å²) in [5.74, 6) is 0.260. The molecule has 0 fully saturated rings. The molecule has 1 aliphatic rings. The summed E-state index contributed by atoms with van der Waals surface area (Å²) in [7, 11) is 1.95. The van der Waals surface area contributed by atoms with Crippen LogP contribution in [0.2, 0.25) is 0 Å². The molecule has 1 heterocycles. The molecular weight excluding hydrogens is 137 g/mol. The van der Waals surface area contributed by atoms with E-state index in [4.69, 9.17) is 0 Å². The predicted molar refractivity (Wildman–Crippen MR) is 46.3 cm³/mol. The Balaban J connectivity index is 2.61. The van der Waals surface area contributed by atoms with E-state index in [-0.39, 0.29) is 5.75 Å². The van der Waals surface area contributed by atoms with Gasteiger partial charge in [-0.15, -0.1) is 0 Å². The van der Waals surface area contributed by atoms with Crippen LogP contribution in [-0.4, -0.2) is 18.0 Å². The van der Waals surface area contributed by atoms with Gasteiger partial charge in [-0.1, -0.05) is 17.6 Å². The minimum Gasteiger partial charge on any atom is -0.506 e. The average molecular weight is 144 g/mol. The Morgan fingerprint density at radius 1 is 1.45 bits per heavy atom. The third-order valence-corrected chi connectivity index (χ3v) is 1.70. The molecule has 0 unspecified atom stereocenters. The standard InChI is InChI=1S/C8H7BNO/c1-5-9-6-3-2-4-7(11)8(6)10-5/h2-4,11H,1H3. The van der Waals surface area contributed by atoms with Crippen molar-refractivity contribution < 1.29 is 5.11 Å². The van der Waals surface area contributed by atoms with Gasteiger partial charge in [-0.05, 0) is 18.6 Å². The van der Waals surface area contributed by atoms with Gasteiger partial charge < -0.3 is 5.11 Å². The fraction of sp³-hybridized carbons (Fsp3) is 0.125. The van der Waals surface area contributed by atoms with Crippen molar-refractivity contribution in [3.8, 4) is 5.75 Å². The summed E-state index contributed by atoms with van der Waals surface area (Å²) < 4.78 is 0. The summed E-state index contributed by atoms with van der Waals surface area (Å²) in [4.78, 5) is 4.16. The van der Waals surface area contributed by atoms with E-state index in [2.05, 4.69) is 4.99 Å². The summed E-state index contributed by atoms with van der Waals surface area (Å²) in [6.07, 6.45) is 0. The summed E-state index contributed by atoms with van der Waals surface area (Å²) in [6.45, 7) is 1.92. The number of hydrogen-bond acceptors (Lipinski definition) is 2. The van der Waals surface area contributed by atoms with E-state index in [1.807, 2.05) is 26.3 Å². The van der Waals surface area contributed by atoms with Crippen LogP contribution in [0.3, 0.4) is 0 Å². The molecule has 0 aliphatic carbocycles. The van der Waals surface area contributed by atoms with Gasteiger partial charge in [0.15, 0.2) is 0 Å². The predicted octanol–water partition coefficient (Wildman–Crippen LogP) is 0.785. The van der Waals surface area contributed by atoms with Gasteiger partial charge in [-0.25, -0.2) is 0 Å². The Bertz CT molecular complexity index is 333. The van der Waals surface area contributed by atoms with Crippen LogP contribution in [0.4, 0.5) is 5.69 Å². The highest BCUT2D eigenvalue weighted by molar-refractivity contribution is 6.88. The monoisotopic (exact) mass is 144 g/mol. The van der Waals surface area contributed by atoms with Crippen LogP contribution in [-0.2, 0) is 0 Å². The van der Waals surface area contributed by atoms with E-state index in [0.29, 0.717) is 5.69 Å². The number of fused-ring (bicyclic) bond motifs is 1. The number of phenols is 1. The highest BCUT2D eigenvalue weighted by atomic mass is 16.3. The van der Waals surface area contributed by atoms with E-state index in [1.54, 1.807) is 6.07 Å². The van der Waals surface area contributed by atoms with E-state index in [9.17, 15) is 5.11 Å². The molecule has 0 bridgehead atoms. The first-order chi connectivity index (χ1) is 5.27. The van der Waals surface area contributed by atoms with Gasteiger partial charge in [0, 0.05) is 0 Å². The molecule has 53 valence electrons. The largest absolute Gasteiger partial charge is 0.506 e. The molecule has 2 nitrogen and oxygen atoms in total. The van der Waals surface area contributed by atoms with Crippen LogP contribution >= 0.6 is 0 Å². The lowest BCUT2D eigenvalue weighted by Gasteiger charge is -1.97. The van der Waals surface area contributed by atoms with Crippen LogP contribution in [0.25, 0.3) is 0 Å². The number of rotatable bonds is 0. The zero-order chi connectivity index (χ0) is 7.84. The molecule has 1 radical (unpaired) electrons. The fourth-order valence-corrected chi connectivity index (χ4v) is 1.22. The molecule has 0 saturated heterocycles. The van der Waals surface area contributed by atoms with Gasteiger partial charge in [-0.2, -0.15) is 0 Å². The van der Waals surface area contributed by atoms with Crippen molar-refractivity contribution in [2.75, 3.05) is 0 Å². The lowest BCUT2D eigenvalue weighted by Crippen LogP contribution is -2.14. The highest BCUT2D eigenvalue weighted by Crippen LogP contribution is 2.25. The second-order valence-corrected chi connectivity index (χ2v) is 2.61. The number of aliphatic imine (C=N–C) groups is 1. The van der Waals surface area contributed by atoms with Crippen molar-refractivity contribution in [3.05, 3.63) is 18.2 Å². The second kappa shape index (κ2) is 2.12. The molecule has 1 aromatic carbocycles. The Morgan fingerprint density at radius 2 is 2.27 bits per heavy atom. The number of aromatic hydroxyl groups is 1. The van der Waals surface area contributed by atoms with Gasteiger partial charge in [0.25, 0.3) is 0 Å². The zero-order valence-corrected chi connectivity index (χ0v) is 6.20. The molecule has 1 aromatic rings. The molecule has 0 aromatic heterocycles. The lowest BCUT2D eigenvalue weighted by molar-refractivity contribution is 0.477.